The molecule has 0 unspecified atom stereocenters. The molecular formula is C18H30N4O. The minimum atomic E-state index is 0.370. The number of likely N-dealkylation sites (tertiary alicyclic amines) is 2. The number of imidazole rings is 1. The molecule has 2 saturated heterocycles. The van der Waals surface area contributed by atoms with Crippen LogP contribution < -0.4 is 0 Å². The highest BCUT2D eigenvalue weighted by molar-refractivity contribution is 5.77. The zero-order valence-corrected chi connectivity index (χ0v) is 14.5. The first kappa shape index (κ1) is 16.5. The minimum Gasteiger partial charge on any atom is -0.339 e. The number of fused-ring (bicyclic) bond motifs is 1. The molecule has 0 bridgehead atoms. The Kier molecular flexibility index (Phi) is 5.36. The van der Waals surface area contributed by atoms with Gasteiger partial charge in [-0.1, -0.05) is 13.8 Å². The molecule has 2 aliphatic rings. The minimum absolute atomic E-state index is 0.370. The first-order chi connectivity index (χ1) is 11.1. The number of carbonyl (C=O) groups is 1. The van der Waals surface area contributed by atoms with E-state index in [9.17, 15) is 4.79 Å². The van der Waals surface area contributed by atoms with E-state index in [0.29, 0.717) is 17.9 Å². The molecule has 0 aliphatic carbocycles. The van der Waals surface area contributed by atoms with Crippen molar-refractivity contribution in [3.05, 3.63) is 18.7 Å². The van der Waals surface area contributed by atoms with Crippen molar-refractivity contribution in [3.8, 4) is 0 Å². The van der Waals surface area contributed by atoms with E-state index in [0.717, 1.165) is 51.2 Å². The van der Waals surface area contributed by atoms with E-state index >= 15 is 0 Å². The summed E-state index contributed by atoms with van der Waals surface area (Å²) in [7, 11) is 0. The summed E-state index contributed by atoms with van der Waals surface area (Å²) in [5, 5.41) is 0. The molecule has 1 amide bonds. The van der Waals surface area contributed by atoms with Gasteiger partial charge in [-0.05, 0) is 31.1 Å². The number of rotatable bonds is 6. The van der Waals surface area contributed by atoms with Crippen molar-refractivity contribution < 1.29 is 4.79 Å². The number of hydrogen-bond donors (Lipinski definition) is 0. The number of nitrogens with zero attached hydrogens (tertiary/aromatic N) is 4. The highest BCUT2D eigenvalue weighted by atomic mass is 16.2. The lowest BCUT2D eigenvalue weighted by Crippen LogP contribution is -2.56. The normalized spacial score (nSPS) is 25.9. The number of piperidine rings is 2. The van der Waals surface area contributed by atoms with Gasteiger partial charge < -0.3 is 14.4 Å². The fourth-order valence-electron chi connectivity index (χ4n) is 4.24. The van der Waals surface area contributed by atoms with E-state index in [2.05, 4.69) is 33.2 Å². The molecule has 3 rings (SSSR count). The molecule has 5 nitrogen and oxygen atoms in total. The van der Waals surface area contributed by atoms with Gasteiger partial charge in [0.15, 0.2) is 0 Å². The van der Waals surface area contributed by atoms with Crippen LogP contribution in [0.1, 0.15) is 39.5 Å². The van der Waals surface area contributed by atoms with E-state index in [1.807, 2.05) is 18.7 Å². The quantitative estimate of drug-likeness (QED) is 0.808. The lowest BCUT2D eigenvalue weighted by Gasteiger charge is -2.47. The molecule has 0 N–H and O–H groups in total. The average Bonchev–Trinajstić information content (AvgIpc) is 3.02. The zero-order chi connectivity index (χ0) is 16.2. The summed E-state index contributed by atoms with van der Waals surface area (Å²) in [5.41, 5.74) is 0. The number of amides is 1. The van der Waals surface area contributed by atoms with Crippen LogP contribution in [0.4, 0.5) is 0 Å². The Balaban J connectivity index is 1.54. The van der Waals surface area contributed by atoms with Gasteiger partial charge in [0, 0.05) is 57.6 Å². The molecule has 128 valence electrons. The highest BCUT2D eigenvalue weighted by Gasteiger charge is 2.38. The van der Waals surface area contributed by atoms with Crippen molar-refractivity contribution in [1.82, 2.24) is 19.4 Å². The summed E-state index contributed by atoms with van der Waals surface area (Å²) in [6.07, 6.45) is 9.64. The SMILES string of the molecule is CC(C)CN1CC[C@H]2[C@H](CCC(=O)N2CCCn2ccnc2)C1. The van der Waals surface area contributed by atoms with Gasteiger partial charge in [-0.15, -0.1) is 0 Å². The van der Waals surface area contributed by atoms with Crippen molar-refractivity contribution in [2.45, 2.75) is 52.1 Å². The number of aryl methyl sites for hydroxylation is 1. The fourth-order valence-corrected chi connectivity index (χ4v) is 4.24. The molecule has 1 aromatic rings. The summed E-state index contributed by atoms with van der Waals surface area (Å²) >= 11 is 0. The molecule has 0 aromatic carbocycles. The van der Waals surface area contributed by atoms with Gasteiger partial charge in [0.2, 0.25) is 5.91 Å². The molecule has 0 saturated carbocycles. The first-order valence-corrected chi connectivity index (χ1v) is 9.11. The molecule has 23 heavy (non-hydrogen) atoms. The topological polar surface area (TPSA) is 41.4 Å². The van der Waals surface area contributed by atoms with E-state index < -0.39 is 0 Å². The largest absolute Gasteiger partial charge is 0.339 e. The summed E-state index contributed by atoms with van der Waals surface area (Å²) in [4.78, 5) is 21.3. The maximum Gasteiger partial charge on any atom is 0.222 e. The van der Waals surface area contributed by atoms with Crippen LogP contribution in [0.25, 0.3) is 0 Å². The van der Waals surface area contributed by atoms with Crippen LogP contribution in [0.3, 0.4) is 0 Å². The monoisotopic (exact) mass is 318 g/mol. The van der Waals surface area contributed by atoms with E-state index in [4.69, 9.17) is 0 Å². The Hall–Kier alpha value is -1.36. The van der Waals surface area contributed by atoms with Gasteiger partial charge in [-0.2, -0.15) is 0 Å². The van der Waals surface area contributed by atoms with Crippen LogP contribution in [0.5, 0.6) is 0 Å². The van der Waals surface area contributed by atoms with Crippen molar-refractivity contribution in [3.63, 3.8) is 0 Å². The van der Waals surface area contributed by atoms with Gasteiger partial charge in [-0.25, -0.2) is 4.98 Å². The van der Waals surface area contributed by atoms with E-state index in [1.54, 1.807) is 0 Å². The predicted octanol–water partition coefficient (Wildman–Crippen LogP) is 2.24. The Morgan fingerprint density at radius 3 is 2.91 bits per heavy atom. The fraction of sp³-hybridized carbons (Fsp3) is 0.778. The molecule has 2 fully saturated rings. The third-order valence-corrected chi connectivity index (χ3v) is 5.23. The second-order valence-corrected chi connectivity index (χ2v) is 7.55. The number of aromatic nitrogens is 2. The van der Waals surface area contributed by atoms with Gasteiger partial charge in [0.1, 0.15) is 0 Å². The Morgan fingerprint density at radius 1 is 1.30 bits per heavy atom. The maximum absolute atomic E-state index is 12.4. The molecule has 2 atom stereocenters. The summed E-state index contributed by atoms with van der Waals surface area (Å²) in [6.45, 7) is 9.93. The predicted molar refractivity (Wildman–Crippen MR) is 91.0 cm³/mol. The lowest BCUT2D eigenvalue weighted by molar-refractivity contribution is -0.141. The van der Waals surface area contributed by atoms with Crippen molar-refractivity contribution >= 4 is 5.91 Å². The molecule has 0 radical (unpaired) electrons. The van der Waals surface area contributed by atoms with Crippen LogP contribution in [-0.2, 0) is 11.3 Å². The van der Waals surface area contributed by atoms with Gasteiger partial charge in [-0.3, -0.25) is 4.79 Å². The Labute approximate surface area is 139 Å². The third kappa shape index (κ3) is 4.14. The second-order valence-electron chi connectivity index (χ2n) is 7.55. The van der Waals surface area contributed by atoms with E-state index in [1.165, 1.54) is 13.1 Å². The van der Waals surface area contributed by atoms with Gasteiger partial charge in [0.05, 0.1) is 6.33 Å². The Bertz CT molecular complexity index is 499. The Morgan fingerprint density at radius 2 is 2.17 bits per heavy atom. The lowest BCUT2D eigenvalue weighted by atomic mass is 9.83. The van der Waals surface area contributed by atoms with Crippen molar-refractivity contribution in [2.24, 2.45) is 11.8 Å². The molecule has 0 spiro atoms. The number of hydrogen-bond acceptors (Lipinski definition) is 3. The van der Waals surface area contributed by atoms with Crippen LogP contribution in [0, 0.1) is 11.8 Å². The maximum atomic E-state index is 12.4. The average molecular weight is 318 g/mol. The molecule has 5 heteroatoms. The summed E-state index contributed by atoms with van der Waals surface area (Å²) in [5.74, 6) is 1.77. The molecular weight excluding hydrogens is 288 g/mol. The second kappa shape index (κ2) is 7.47. The van der Waals surface area contributed by atoms with Crippen molar-refractivity contribution in [2.75, 3.05) is 26.2 Å². The van der Waals surface area contributed by atoms with Crippen LogP contribution in [0.2, 0.25) is 0 Å². The van der Waals surface area contributed by atoms with Crippen LogP contribution in [-0.4, -0.2) is 57.5 Å². The standard InChI is InChI=1S/C18H30N4O/c1-15(2)12-21-10-6-17-16(13-21)4-5-18(23)22(17)9-3-8-20-11-7-19-14-20/h7,11,14-17H,3-6,8-10,12-13H2,1-2H3/t16-,17+/m1/s1. The van der Waals surface area contributed by atoms with Crippen LogP contribution >= 0.6 is 0 Å². The summed E-state index contributed by atoms with van der Waals surface area (Å²) < 4.78 is 2.09. The van der Waals surface area contributed by atoms with Crippen molar-refractivity contribution in [1.29, 1.82) is 0 Å². The highest BCUT2D eigenvalue weighted by Crippen LogP contribution is 2.31. The zero-order valence-electron chi connectivity index (χ0n) is 14.5. The first-order valence-electron chi connectivity index (χ1n) is 9.11. The summed E-state index contributed by atoms with van der Waals surface area (Å²) in [6, 6.07) is 0.474. The molecule has 2 aliphatic heterocycles. The third-order valence-electron chi connectivity index (χ3n) is 5.23. The van der Waals surface area contributed by atoms with E-state index in [-0.39, 0.29) is 0 Å². The molecule has 3 heterocycles. The van der Waals surface area contributed by atoms with Gasteiger partial charge in [0.25, 0.3) is 0 Å². The van der Waals surface area contributed by atoms with Gasteiger partial charge >= 0.3 is 0 Å². The van der Waals surface area contributed by atoms with Crippen LogP contribution in [0.15, 0.2) is 18.7 Å². The number of carbonyl (C=O) groups excluding carboxylic acids is 1. The molecule has 1 aromatic heterocycles. The smallest absolute Gasteiger partial charge is 0.222 e.